The van der Waals surface area contributed by atoms with E-state index in [0.717, 1.165) is 0 Å². The maximum atomic E-state index is 12.0. The molecule has 1 aromatic rings. The molecule has 9 heteroatoms. The minimum Gasteiger partial charge on any atom is -0.382 e. The quantitative estimate of drug-likeness (QED) is 0.756. The number of rotatable bonds is 5. The van der Waals surface area contributed by atoms with Crippen LogP contribution in [0.15, 0.2) is 17.5 Å². The lowest BCUT2D eigenvalue weighted by Gasteiger charge is -2.17. The molecule has 0 aliphatic carbocycles. The maximum absolute atomic E-state index is 12.0. The van der Waals surface area contributed by atoms with Gasteiger partial charge in [0.15, 0.2) is 6.10 Å². The summed E-state index contributed by atoms with van der Waals surface area (Å²) in [6, 6.07) is 2.20. The van der Waals surface area contributed by atoms with Crippen LogP contribution in [-0.2, 0) is 4.79 Å². The monoisotopic (exact) mass is 310 g/mol. The SMILES string of the molecule is CC(NC(=O)c1cccs1)C(=O)NCC(O)C(F)(F)F. The second-order valence-electron chi connectivity index (χ2n) is 3.98. The Labute approximate surface area is 116 Å². The Balaban J connectivity index is 2.42. The highest BCUT2D eigenvalue weighted by Crippen LogP contribution is 2.19. The molecule has 112 valence electrons. The molecular weight excluding hydrogens is 297 g/mol. The van der Waals surface area contributed by atoms with Crippen LogP contribution in [0.25, 0.3) is 0 Å². The van der Waals surface area contributed by atoms with Crippen LogP contribution in [0.4, 0.5) is 13.2 Å². The second-order valence-corrected chi connectivity index (χ2v) is 4.92. The molecule has 0 aromatic carbocycles. The van der Waals surface area contributed by atoms with Crippen molar-refractivity contribution < 1.29 is 27.9 Å². The van der Waals surface area contributed by atoms with E-state index in [4.69, 9.17) is 5.11 Å². The highest BCUT2D eigenvalue weighted by atomic mass is 32.1. The fourth-order valence-corrected chi connectivity index (χ4v) is 1.83. The van der Waals surface area contributed by atoms with Gasteiger partial charge < -0.3 is 15.7 Å². The van der Waals surface area contributed by atoms with Crippen LogP contribution in [0.3, 0.4) is 0 Å². The predicted octanol–water partition coefficient (Wildman–Crippen LogP) is 0.906. The summed E-state index contributed by atoms with van der Waals surface area (Å²) in [5.74, 6) is -1.29. The first-order valence-electron chi connectivity index (χ1n) is 5.58. The summed E-state index contributed by atoms with van der Waals surface area (Å²) >= 11 is 1.17. The van der Waals surface area contributed by atoms with Gasteiger partial charge in [-0.3, -0.25) is 9.59 Å². The number of hydrogen-bond donors (Lipinski definition) is 3. The summed E-state index contributed by atoms with van der Waals surface area (Å²) in [6.45, 7) is 0.377. The molecule has 3 N–H and O–H groups in total. The number of amides is 2. The fourth-order valence-electron chi connectivity index (χ4n) is 1.21. The van der Waals surface area contributed by atoms with E-state index in [2.05, 4.69) is 5.32 Å². The minimum atomic E-state index is -4.79. The van der Waals surface area contributed by atoms with Gasteiger partial charge in [0.05, 0.1) is 11.4 Å². The molecule has 0 spiro atoms. The number of hydrogen-bond acceptors (Lipinski definition) is 4. The molecule has 0 aliphatic rings. The summed E-state index contributed by atoms with van der Waals surface area (Å²) in [6.07, 6.45) is -7.43. The summed E-state index contributed by atoms with van der Waals surface area (Å²) in [4.78, 5) is 23.5. The molecule has 1 rings (SSSR count). The van der Waals surface area contributed by atoms with Crippen molar-refractivity contribution in [1.82, 2.24) is 10.6 Å². The van der Waals surface area contributed by atoms with Crippen LogP contribution >= 0.6 is 11.3 Å². The number of alkyl halides is 3. The molecular formula is C11H13F3N2O3S. The van der Waals surface area contributed by atoms with Crippen molar-refractivity contribution in [2.75, 3.05) is 6.54 Å². The van der Waals surface area contributed by atoms with Gasteiger partial charge in [-0.05, 0) is 18.4 Å². The normalized spacial score (nSPS) is 14.4. The lowest BCUT2D eigenvalue weighted by molar-refractivity contribution is -0.201. The summed E-state index contributed by atoms with van der Waals surface area (Å²) in [7, 11) is 0. The number of halogens is 3. The molecule has 5 nitrogen and oxygen atoms in total. The van der Waals surface area contributed by atoms with E-state index in [1.807, 2.05) is 5.32 Å². The smallest absolute Gasteiger partial charge is 0.382 e. The Morgan fingerprint density at radius 2 is 2.10 bits per heavy atom. The van der Waals surface area contributed by atoms with E-state index in [0.29, 0.717) is 4.88 Å². The van der Waals surface area contributed by atoms with Gasteiger partial charge in [-0.1, -0.05) is 6.07 Å². The van der Waals surface area contributed by atoms with Crippen LogP contribution in [-0.4, -0.2) is 41.8 Å². The van der Waals surface area contributed by atoms with Crippen molar-refractivity contribution in [2.24, 2.45) is 0 Å². The first kappa shape index (κ1) is 16.4. The molecule has 1 aromatic heterocycles. The van der Waals surface area contributed by atoms with E-state index in [1.54, 1.807) is 17.5 Å². The molecule has 20 heavy (non-hydrogen) atoms. The largest absolute Gasteiger partial charge is 0.416 e. The molecule has 0 aliphatic heterocycles. The zero-order valence-corrected chi connectivity index (χ0v) is 11.2. The number of carbonyl (C=O) groups is 2. The molecule has 2 unspecified atom stereocenters. The first-order valence-corrected chi connectivity index (χ1v) is 6.46. The molecule has 2 amide bonds. The standard InChI is InChI=1S/C11H13F3N2O3S/c1-6(16-10(19)7-3-2-4-20-7)9(18)15-5-8(17)11(12,13)14/h2-4,6,8,17H,5H2,1H3,(H,15,18)(H,16,19). The van der Waals surface area contributed by atoms with Crippen LogP contribution in [0.5, 0.6) is 0 Å². The molecule has 0 radical (unpaired) electrons. The highest BCUT2D eigenvalue weighted by molar-refractivity contribution is 7.12. The van der Waals surface area contributed by atoms with E-state index < -0.39 is 36.7 Å². The van der Waals surface area contributed by atoms with E-state index in [9.17, 15) is 22.8 Å². The average molecular weight is 310 g/mol. The average Bonchev–Trinajstić information content (AvgIpc) is 2.87. The predicted molar refractivity (Wildman–Crippen MR) is 66.3 cm³/mol. The highest BCUT2D eigenvalue weighted by Gasteiger charge is 2.38. The first-order chi connectivity index (χ1) is 9.21. The van der Waals surface area contributed by atoms with Crippen molar-refractivity contribution in [3.63, 3.8) is 0 Å². The third-order valence-corrected chi connectivity index (χ3v) is 3.20. The van der Waals surface area contributed by atoms with Gasteiger partial charge in [0, 0.05) is 0 Å². The Morgan fingerprint density at radius 3 is 2.60 bits per heavy atom. The zero-order chi connectivity index (χ0) is 15.3. The zero-order valence-electron chi connectivity index (χ0n) is 10.4. The molecule has 0 fully saturated rings. The minimum absolute atomic E-state index is 0.389. The number of thiophene rings is 1. The molecule has 0 saturated heterocycles. The second kappa shape index (κ2) is 6.71. The van der Waals surface area contributed by atoms with Crippen LogP contribution in [0, 0.1) is 0 Å². The number of aliphatic hydroxyl groups excluding tert-OH is 1. The van der Waals surface area contributed by atoms with E-state index in [1.165, 1.54) is 18.3 Å². The van der Waals surface area contributed by atoms with Crippen molar-refractivity contribution in [3.05, 3.63) is 22.4 Å². The summed E-state index contributed by atoms with van der Waals surface area (Å²) in [5, 5.41) is 14.7. The lowest BCUT2D eigenvalue weighted by Crippen LogP contribution is -2.48. The van der Waals surface area contributed by atoms with Crippen molar-refractivity contribution in [3.8, 4) is 0 Å². The number of nitrogens with one attached hydrogen (secondary N) is 2. The van der Waals surface area contributed by atoms with Gasteiger partial charge in [0.1, 0.15) is 6.04 Å². The van der Waals surface area contributed by atoms with Gasteiger partial charge in [0.2, 0.25) is 5.91 Å². The van der Waals surface area contributed by atoms with E-state index >= 15 is 0 Å². The van der Waals surface area contributed by atoms with Gasteiger partial charge >= 0.3 is 6.18 Å². The van der Waals surface area contributed by atoms with Crippen LogP contribution < -0.4 is 10.6 Å². The van der Waals surface area contributed by atoms with Crippen LogP contribution in [0.2, 0.25) is 0 Å². The Kier molecular flexibility index (Phi) is 5.52. The molecule has 1 heterocycles. The lowest BCUT2D eigenvalue weighted by atomic mass is 10.2. The topological polar surface area (TPSA) is 78.4 Å². The Bertz CT molecular complexity index is 462. The summed E-state index contributed by atoms with van der Waals surface area (Å²) in [5.41, 5.74) is 0. The van der Waals surface area contributed by atoms with Crippen molar-refractivity contribution >= 4 is 23.2 Å². The van der Waals surface area contributed by atoms with Crippen molar-refractivity contribution in [1.29, 1.82) is 0 Å². The number of carbonyl (C=O) groups excluding carboxylic acids is 2. The Hall–Kier alpha value is -1.61. The third-order valence-electron chi connectivity index (χ3n) is 2.33. The van der Waals surface area contributed by atoms with Gasteiger partial charge in [0.25, 0.3) is 5.91 Å². The molecule has 2 atom stereocenters. The van der Waals surface area contributed by atoms with Crippen LogP contribution in [0.1, 0.15) is 16.6 Å². The van der Waals surface area contributed by atoms with Gasteiger partial charge in [-0.25, -0.2) is 0 Å². The fraction of sp³-hybridized carbons (Fsp3) is 0.455. The number of aliphatic hydroxyl groups is 1. The van der Waals surface area contributed by atoms with E-state index in [-0.39, 0.29) is 0 Å². The van der Waals surface area contributed by atoms with Gasteiger partial charge in [-0.15, -0.1) is 11.3 Å². The molecule has 0 saturated carbocycles. The third kappa shape index (κ3) is 4.82. The van der Waals surface area contributed by atoms with Crippen molar-refractivity contribution in [2.45, 2.75) is 25.2 Å². The summed E-state index contributed by atoms with van der Waals surface area (Å²) < 4.78 is 36.1. The molecule has 0 bridgehead atoms. The maximum Gasteiger partial charge on any atom is 0.416 e. The van der Waals surface area contributed by atoms with Gasteiger partial charge in [-0.2, -0.15) is 13.2 Å². The Morgan fingerprint density at radius 1 is 1.45 bits per heavy atom.